The molecule has 1 heterocycles. The SMILES string of the molecule is COC(=O)[C@@H](Cc1cnc2ccccc2n1)NC(=O)[C@H](Cc1cccc(F)c1)NC(C)=O. The first-order chi connectivity index (χ1) is 15.4. The maximum atomic E-state index is 13.5. The number of hydrogen-bond donors (Lipinski definition) is 2. The predicted molar refractivity (Wildman–Crippen MR) is 115 cm³/mol. The highest BCUT2D eigenvalue weighted by atomic mass is 19.1. The molecule has 8 nitrogen and oxygen atoms in total. The van der Waals surface area contributed by atoms with Crippen LogP contribution in [-0.4, -0.2) is 46.9 Å². The van der Waals surface area contributed by atoms with E-state index >= 15 is 0 Å². The number of aromatic nitrogens is 2. The van der Waals surface area contributed by atoms with Crippen LogP contribution < -0.4 is 10.6 Å². The molecule has 2 amide bonds. The molecule has 0 aliphatic carbocycles. The van der Waals surface area contributed by atoms with Crippen LogP contribution in [0.1, 0.15) is 18.2 Å². The van der Waals surface area contributed by atoms with Gasteiger partial charge in [0.25, 0.3) is 0 Å². The maximum Gasteiger partial charge on any atom is 0.328 e. The summed E-state index contributed by atoms with van der Waals surface area (Å²) in [7, 11) is 1.21. The van der Waals surface area contributed by atoms with Crippen molar-refractivity contribution >= 4 is 28.8 Å². The van der Waals surface area contributed by atoms with E-state index in [1.807, 2.05) is 18.2 Å². The van der Waals surface area contributed by atoms with Gasteiger partial charge in [0.2, 0.25) is 11.8 Å². The van der Waals surface area contributed by atoms with Crippen LogP contribution in [0, 0.1) is 5.82 Å². The van der Waals surface area contributed by atoms with E-state index in [1.54, 1.807) is 12.1 Å². The molecule has 0 aliphatic rings. The average molecular weight is 438 g/mol. The monoisotopic (exact) mass is 438 g/mol. The number of benzene rings is 2. The minimum absolute atomic E-state index is 0.0446. The Morgan fingerprint density at radius 1 is 1.00 bits per heavy atom. The summed E-state index contributed by atoms with van der Waals surface area (Å²) in [6, 6.07) is 10.9. The normalized spacial score (nSPS) is 12.6. The van der Waals surface area contributed by atoms with Crippen molar-refractivity contribution in [3.05, 3.63) is 71.8 Å². The van der Waals surface area contributed by atoms with Gasteiger partial charge in [0, 0.05) is 26.0 Å². The zero-order chi connectivity index (χ0) is 23.1. The van der Waals surface area contributed by atoms with Gasteiger partial charge in [-0.2, -0.15) is 0 Å². The quantitative estimate of drug-likeness (QED) is 0.518. The lowest BCUT2D eigenvalue weighted by atomic mass is 10.0. The Balaban J connectivity index is 1.78. The molecule has 0 saturated heterocycles. The second kappa shape index (κ2) is 10.4. The number of nitrogens with one attached hydrogen (secondary N) is 2. The Morgan fingerprint density at radius 3 is 2.44 bits per heavy atom. The first kappa shape index (κ1) is 22.8. The molecule has 0 aliphatic heterocycles. The molecule has 2 atom stereocenters. The number of rotatable bonds is 8. The second-order valence-electron chi connectivity index (χ2n) is 7.23. The highest BCUT2D eigenvalue weighted by Gasteiger charge is 2.28. The molecule has 166 valence electrons. The number of para-hydroxylation sites is 2. The van der Waals surface area contributed by atoms with E-state index < -0.39 is 35.7 Å². The number of ether oxygens (including phenoxy) is 1. The number of hydrogen-bond acceptors (Lipinski definition) is 6. The van der Waals surface area contributed by atoms with Crippen molar-refractivity contribution in [2.75, 3.05) is 7.11 Å². The van der Waals surface area contributed by atoms with E-state index in [1.165, 1.54) is 38.4 Å². The molecule has 3 rings (SSSR count). The van der Waals surface area contributed by atoms with Gasteiger partial charge in [-0.05, 0) is 29.8 Å². The fourth-order valence-corrected chi connectivity index (χ4v) is 3.27. The van der Waals surface area contributed by atoms with Crippen LogP contribution >= 0.6 is 0 Å². The molecule has 0 unspecified atom stereocenters. The van der Waals surface area contributed by atoms with Crippen LogP contribution in [0.5, 0.6) is 0 Å². The second-order valence-corrected chi connectivity index (χ2v) is 7.23. The van der Waals surface area contributed by atoms with Crippen molar-refractivity contribution in [1.29, 1.82) is 0 Å². The number of carbonyl (C=O) groups is 3. The lowest BCUT2D eigenvalue weighted by Crippen LogP contribution is -2.53. The molecule has 3 aromatic rings. The summed E-state index contributed by atoms with van der Waals surface area (Å²) in [5, 5.41) is 5.16. The standard InChI is InChI=1S/C23H23FN4O4/c1-14(29)26-20(11-15-6-5-7-16(24)10-15)22(30)28-21(23(31)32-2)12-17-13-25-18-8-3-4-9-19(18)27-17/h3-10,13,20-21H,11-12H2,1-2H3,(H,26,29)(H,28,30)/t20-,21+/m0/s1. The van der Waals surface area contributed by atoms with E-state index in [0.29, 0.717) is 22.3 Å². The summed E-state index contributed by atoms with van der Waals surface area (Å²) in [4.78, 5) is 45.7. The van der Waals surface area contributed by atoms with E-state index in [2.05, 4.69) is 20.6 Å². The third kappa shape index (κ3) is 6.07. The Labute approximate surface area is 184 Å². The van der Waals surface area contributed by atoms with Gasteiger partial charge in [-0.15, -0.1) is 0 Å². The largest absolute Gasteiger partial charge is 0.467 e. The fraction of sp³-hybridized carbons (Fsp3) is 0.261. The lowest BCUT2D eigenvalue weighted by molar-refractivity contribution is -0.145. The zero-order valence-electron chi connectivity index (χ0n) is 17.7. The number of fused-ring (bicyclic) bond motifs is 1. The van der Waals surface area contributed by atoms with Crippen LogP contribution in [0.2, 0.25) is 0 Å². The van der Waals surface area contributed by atoms with Gasteiger partial charge >= 0.3 is 5.97 Å². The van der Waals surface area contributed by atoms with Crippen molar-refractivity contribution in [2.45, 2.75) is 31.8 Å². The summed E-state index contributed by atoms with van der Waals surface area (Å²) in [5.74, 6) is -2.15. The number of methoxy groups -OCH3 is 1. The van der Waals surface area contributed by atoms with Gasteiger partial charge in [-0.3, -0.25) is 14.6 Å². The molecular formula is C23H23FN4O4. The summed E-state index contributed by atoms with van der Waals surface area (Å²) < 4.78 is 18.4. The number of amides is 2. The number of esters is 1. The van der Waals surface area contributed by atoms with Crippen molar-refractivity contribution in [3.8, 4) is 0 Å². The molecular weight excluding hydrogens is 415 g/mol. The topological polar surface area (TPSA) is 110 Å². The van der Waals surface area contributed by atoms with Gasteiger partial charge in [0.1, 0.15) is 17.9 Å². The van der Waals surface area contributed by atoms with E-state index in [-0.39, 0.29) is 12.8 Å². The highest BCUT2D eigenvalue weighted by molar-refractivity contribution is 5.90. The Kier molecular flexibility index (Phi) is 7.43. The Hall–Kier alpha value is -3.88. The van der Waals surface area contributed by atoms with Gasteiger partial charge < -0.3 is 15.4 Å². The molecule has 32 heavy (non-hydrogen) atoms. The molecule has 1 aromatic heterocycles. The summed E-state index contributed by atoms with van der Waals surface area (Å²) in [6.45, 7) is 1.27. The summed E-state index contributed by atoms with van der Waals surface area (Å²) in [5.41, 5.74) is 2.37. The first-order valence-electron chi connectivity index (χ1n) is 9.96. The van der Waals surface area contributed by atoms with Crippen molar-refractivity contribution < 1.29 is 23.5 Å². The predicted octanol–water partition coefficient (Wildman–Crippen LogP) is 1.72. The van der Waals surface area contributed by atoms with E-state index in [0.717, 1.165) is 0 Å². The minimum Gasteiger partial charge on any atom is -0.467 e. The van der Waals surface area contributed by atoms with Crippen molar-refractivity contribution in [2.24, 2.45) is 0 Å². The van der Waals surface area contributed by atoms with Gasteiger partial charge in [-0.1, -0.05) is 24.3 Å². The zero-order valence-corrected chi connectivity index (χ0v) is 17.7. The first-order valence-corrected chi connectivity index (χ1v) is 9.96. The van der Waals surface area contributed by atoms with E-state index in [4.69, 9.17) is 4.74 Å². The van der Waals surface area contributed by atoms with Gasteiger partial charge in [-0.25, -0.2) is 14.2 Å². The van der Waals surface area contributed by atoms with Crippen LogP contribution in [0.25, 0.3) is 11.0 Å². The molecule has 9 heteroatoms. The number of nitrogens with zero attached hydrogens (tertiary/aromatic N) is 2. The molecule has 0 radical (unpaired) electrons. The molecule has 0 fully saturated rings. The molecule has 2 N–H and O–H groups in total. The number of carbonyl (C=O) groups excluding carboxylic acids is 3. The van der Waals surface area contributed by atoms with Crippen LogP contribution in [0.4, 0.5) is 4.39 Å². The molecule has 0 bridgehead atoms. The molecule has 2 aromatic carbocycles. The summed E-state index contributed by atoms with van der Waals surface area (Å²) in [6.07, 6.45) is 1.62. The fourth-order valence-electron chi connectivity index (χ4n) is 3.27. The molecule has 0 spiro atoms. The third-order valence-corrected chi connectivity index (χ3v) is 4.74. The smallest absolute Gasteiger partial charge is 0.328 e. The van der Waals surface area contributed by atoms with Gasteiger partial charge in [0.15, 0.2) is 0 Å². The van der Waals surface area contributed by atoms with Crippen LogP contribution in [0.15, 0.2) is 54.7 Å². The molecule has 0 saturated carbocycles. The average Bonchev–Trinajstić information content (AvgIpc) is 2.77. The highest BCUT2D eigenvalue weighted by Crippen LogP contribution is 2.11. The Morgan fingerprint density at radius 2 is 1.75 bits per heavy atom. The number of halogens is 1. The van der Waals surface area contributed by atoms with Crippen molar-refractivity contribution in [1.82, 2.24) is 20.6 Å². The lowest BCUT2D eigenvalue weighted by Gasteiger charge is -2.22. The Bertz CT molecular complexity index is 1140. The van der Waals surface area contributed by atoms with E-state index in [9.17, 15) is 18.8 Å². The van der Waals surface area contributed by atoms with Crippen molar-refractivity contribution in [3.63, 3.8) is 0 Å². The van der Waals surface area contributed by atoms with Gasteiger partial charge in [0.05, 0.1) is 23.8 Å². The summed E-state index contributed by atoms with van der Waals surface area (Å²) >= 11 is 0. The maximum absolute atomic E-state index is 13.5. The minimum atomic E-state index is -1.05. The van der Waals surface area contributed by atoms with Crippen LogP contribution in [0.3, 0.4) is 0 Å². The third-order valence-electron chi connectivity index (χ3n) is 4.74. The van der Waals surface area contributed by atoms with Crippen LogP contribution in [-0.2, 0) is 32.0 Å².